The molecule has 0 spiro atoms. The van der Waals surface area contributed by atoms with Crippen LogP contribution < -0.4 is 14.6 Å². The normalized spacial score (nSPS) is 11.8. The summed E-state index contributed by atoms with van der Waals surface area (Å²) in [5, 5.41) is 18.2. The number of benzene rings is 2. The molecule has 0 bridgehead atoms. The van der Waals surface area contributed by atoms with Gasteiger partial charge in [0.1, 0.15) is 11.6 Å². The summed E-state index contributed by atoms with van der Waals surface area (Å²) in [5.74, 6) is 0.569. The van der Waals surface area contributed by atoms with Crippen molar-refractivity contribution >= 4 is 10.0 Å². The molecule has 0 fully saturated rings. The van der Waals surface area contributed by atoms with Crippen LogP contribution in [0, 0.1) is 11.3 Å². The van der Waals surface area contributed by atoms with Gasteiger partial charge in [-0.3, -0.25) is 0 Å². The third kappa shape index (κ3) is 4.18. The Morgan fingerprint density at radius 2 is 1.68 bits per heavy atom. The number of aromatic nitrogens is 2. The van der Waals surface area contributed by atoms with Crippen molar-refractivity contribution in [3.05, 3.63) is 53.7 Å². The SMILES string of the molecule is COc1ccc(-c2c(C#N)c(C(F)(F)F)nn2-c2ccc(S(N)(=O)=O)cc2)cc1OC. The Kier molecular flexibility index (Phi) is 5.66. The molecule has 0 atom stereocenters. The van der Waals surface area contributed by atoms with Crippen LogP contribution in [-0.4, -0.2) is 32.4 Å². The average Bonchev–Trinajstić information content (AvgIpc) is 3.12. The topological polar surface area (TPSA) is 120 Å². The van der Waals surface area contributed by atoms with Gasteiger partial charge in [0.2, 0.25) is 10.0 Å². The van der Waals surface area contributed by atoms with Crippen molar-refractivity contribution in [3.63, 3.8) is 0 Å². The number of primary sulfonamides is 1. The third-order valence-corrected chi connectivity index (χ3v) is 5.26. The van der Waals surface area contributed by atoms with Gasteiger partial charge in [0.15, 0.2) is 17.2 Å². The maximum Gasteiger partial charge on any atom is 0.436 e. The summed E-state index contributed by atoms with van der Waals surface area (Å²) in [6.07, 6.45) is -4.90. The zero-order chi connectivity index (χ0) is 23.0. The molecule has 1 aromatic heterocycles. The number of ether oxygens (including phenoxy) is 2. The lowest BCUT2D eigenvalue weighted by Crippen LogP contribution is -2.12. The fraction of sp³-hybridized carbons (Fsp3) is 0.158. The molecule has 8 nitrogen and oxygen atoms in total. The van der Waals surface area contributed by atoms with Crippen LogP contribution >= 0.6 is 0 Å². The van der Waals surface area contributed by atoms with Crippen LogP contribution in [0.15, 0.2) is 47.4 Å². The highest BCUT2D eigenvalue weighted by Crippen LogP contribution is 2.39. The van der Waals surface area contributed by atoms with E-state index < -0.39 is 27.5 Å². The number of hydrogen-bond acceptors (Lipinski definition) is 6. The molecule has 3 aromatic rings. The van der Waals surface area contributed by atoms with Gasteiger partial charge in [-0.05, 0) is 42.5 Å². The van der Waals surface area contributed by atoms with Crippen LogP contribution in [0.4, 0.5) is 13.2 Å². The van der Waals surface area contributed by atoms with Crippen molar-refractivity contribution < 1.29 is 31.1 Å². The second-order valence-electron chi connectivity index (χ2n) is 6.20. The maximum absolute atomic E-state index is 13.6. The zero-order valence-corrected chi connectivity index (χ0v) is 17.0. The van der Waals surface area contributed by atoms with Crippen LogP contribution in [0.3, 0.4) is 0 Å². The molecule has 31 heavy (non-hydrogen) atoms. The Hall–Kier alpha value is -3.56. The minimum Gasteiger partial charge on any atom is -0.493 e. The molecule has 0 saturated carbocycles. The van der Waals surface area contributed by atoms with Gasteiger partial charge < -0.3 is 9.47 Å². The molecular weight excluding hydrogens is 437 g/mol. The molecule has 0 unspecified atom stereocenters. The van der Waals surface area contributed by atoms with Crippen LogP contribution in [-0.2, 0) is 16.2 Å². The summed E-state index contributed by atoms with van der Waals surface area (Å²) in [4.78, 5) is -0.229. The van der Waals surface area contributed by atoms with E-state index in [2.05, 4.69) is 5.10 Å². The van der Waals surface area contributed by atoms with Crippen molar-refractivity contribution in [2.75, 3.05) is 14.2 Å². The van der Waals surface area contributed by atoms with Gasteiger partial charge in [-0.25, -0.2) is 18.2 Å². The van der Waals surface area contributed by atoms with Crippen LogP contribution in [0.2, 0.25) is 0 Å². The summed E-state index contributed by atoms with van der Waals surface area (Å²) in [5.41, 5.74) is -1.94. The smallest absolute Gasteiger partial charge is 0.436 e. The number of alkyl halides is 3. The number of sulfonamides is 1. The average molecular weight is 452 g/mol. The standard InChI is InChI=1S/C19H15F3N4O4S/c1-29-15-8-3-11(9-16(15)30-2)17-14(10-23)18(19(20,21)22)25-26(17)12-4-6-13(7-5-12)31(24,27)28/h3-9H,1-2H3,(H2,24,27,28). The van der Waals surface area contributed by atoms with Crippen LogP contribution in [0.1, 0.15) is 11.3 Å². The first-order valence-electron chi connectivity index (χ1n) is 8.47. The predicted octanol–water partition coefficient (Wildman–Crippen LogP) is 3.09. The Balaban J connectivity index is 2.32. The molecule has 0 aliphatic rings. The summed E-state index contributed by atoms with van der Waals surface area (Å²) in [6.45, 7) is 0. The summed E-state index contributed by atoms with van der Waals surface area (Å²) in [7, 11) is -1.25. The fourth-order valence-electron chi connectivity index (χ4n) is 2.94. The number of nitrogens with two attached hydrogens (primary N) is 1. The lowest BCUT2D eigenvalue weighted by Gasteiger charge is -2.12. The highest BCUT2D eigenvalue weighted by Gasteiger charge is 2.40. The Morgan fingerprint density at radius 1 is 1.06 bits per heavy atom. The van der Waals surface area contributed by atoms with E-state index in [1.165, 1.54) is 44.6 Å². The predicted molar refractivity (Wildman–Crippen MR) is 103 cm³/mol. The van der Waals surface area contributed by atoms with Crippen LogP contribution in [0.5, 0.6) is 11.5 Å². The number of nitriles is 1. The first-order chi connectivity index (χ1) is 14.5. The van der Waals surface area contributed by atoms with E-state index in [1.807, 2.05) is 0 Å². The molecular formula is C19H15F3N4O4S. The molecule has 12 heteroatoms. The molecule has 162 valence electrons. The lowest BCUT2D eigenvalue weighted by molar-refractivity contribution is -0.141. The molecule has 0 saturated heterocycles. The van der Waals surface area contributed by atoms with E-state index in [4.69, 9.17) is 14.6 Å². The minimum atomic E-state index is -4.90. The first-order valence-corrected chi connectivity index (χ1v) is 10.0. The monoisotopic (exact) mass is 452 g/mol. The van der Waals surface area contributed by atoms with Crippen LogP contribution in [0.25, 0.3) is 16.9 Å². The maximum atomic E-state index is 13.6. The second kappa shape index (κ2) is 7.93. The van der Waals surface area contributed by atoms with Crippen molar-refractivity contribution in [2.45, 2.75) is 11.1 Å². The Labute approximate surface area is 175 Å². The number of hydrogen-bond donors (Lipinski definition) is 1. The quantitative estimate of drug-likeness (QED) is 0.635. The molecule has 2 aromatic carbocycles. The van der Waals surface area contributed by atoms with E-state index in [-0.39, 0.29) is 27.6 Å². The van der Waals surface area contributed by atoms with Gasteiger partial charge in [-0.15, -0.1) is 0 Å². The molecule has 0 radical (unpaired) electrons. The minimum absolute atomic E-state index is 0.0872. The van der Waals surface area contributed by atoms with Gasteiger partial charge in [-0.1, -0.05) is 0 Å². The number of methoxy groups -OCH3 is 2. The van der Waals surface area contributed by atoms with Gasteiger partial charge in [0.25, 0.3) is 0 Å². The molecule has 1 heterocycles. The first kappa shape index (κ1) is 22.1. The lowest BCUT2D eigenvalue weighted by atomic mass is 10.0. The molecule has 3 rings (SSSR count). The summed E-state index contributed by atoms with van der Waals surface area (Å²) < 4.78 is 74.9. The zero-order valence-electron chi connectivity index (χ0n) is 16.1. The number of nitrogens with zero attached hydrogens (tertiary/aromatic N) is 3. The highest BCUT2D eigenvalue weighted by molar-refractivity contribution is 7.89. The highest BCUT2D eigenvalue weighted by atomic mass is 32.2. The van der Waals surface area contributed by atoms with Crippen molar-refractivity contribution in [1.29, 1.82) is 5.26 Å². The van der Waals surface area contributed by atoms with E-state index in [0.29, 0.717) is 5.75 Å². The van der Waals surface area contributed by atoms with Gasteiger partial charge in [-0.2, -0.15) is 23.5 Å². The Bertz CT molecular complexity index is 1280. The second-order valence-corrected chi connectivity index (χ2v) is 7.76. The summed E-state index contributed by atoms with van der Waals surface area (Å²) in [6, 6.07) is 10.6. The fourth-order valence-corrected chi connectivity index (χ4v) is 3.45. The number of halogens is 3. The summed E-state index contributed by atoms with van der Waals surface area (Å²) >= 11 is 0. The third-order valence-electron chi connectivity index (χ3n) is 4.33. The van der Waals surface area contributed by atoms with Crippen molar-refractivity contribution in [3.8, 4) is 34.5 Å². The largest absolute Gasteiger partial charge is 0.493 e. The van der Waals surface area contributed by atoms with E-state index >= 15 is 0 Å². The molecule has 0 aliphatic carbocycles. The van der Waals surface area contributed by atoms with E-state index in [9.17, 15) is 26.9 Å². The molecule has 2 N–H and O–H groups in total. The number of rotatable bonds is 5. The van der Waals surface area contributed by atoms with Crippen molar-refractivity contribution in [2.24, 2.45) is 5.14 Å². The van der Waals surface area contributed by atoms with E-state index in [0.717, 1.165) is 16.8 Å². The van der Waals surface area contributed by atoms with Gasteiger partial charge in [0.05, 0.1) is 30.5 Å². The molecule has 0 aliphatic heterocycles. The van der Waals surface area contributed by atoms with Crippen molar-refractivity contribution in [1.82, 2.24) is 9.78 Å². The van der Waals surface area contributed by atoms with E-state index in [1.54, 1.807) is 6.07 Å². The van der Waals surface area contributed by atoms with Gasteiger partial charge >= 0.3 is 6.18 Å². The Morgan fingerprint density at radius 3 is 2.16 bits per heavy atom. The molecule has 0 amide bonds. The van der Waals surface area contributed by atoms with Gasteiger partial charge in [0, 0.05) is 5.56 Å².